The maximum atomic E-state index is 8.61. The second-order valence-corrected chi connectivity index (χ2v) is 3.38. The standard InChI is InChI=1S/C11H16N2/c1-4-7-13-9(2)8-11(5-6-12)10(13)3/h8H,4-5,7H2,1-3H3. The average Bonchev–Trinajstić information content (AvgIpc) is 2.34. The van der Waals surface area contributed by atoms with E-state index in [1.807, 2.05) is 0 Å². The minimum Gasteiger partial charge on any atom is -0.349 e. The van der Waals surface area contributed by atoms with Gasteiger partial charge in [0.15, 0.2) is 0 Å². The Hall–Kier alpha value is -1.23. The Morgan fingerprint density at radius 2 is 2.15 bits per heavy atom. The molecule has 0 aliphatic heterocycles. The van der Waals surface area contributed by atoms with Crippen LogP contribution in [0.4, 0.5) is 0 Å². The molecule has 0 fully saturated rings. The van der Waals surface area contributed by atoms with Crippen LogP contribution in [0.1, 0.15) is 30.3 Å². The number of aromatic nitrogens is 1. The van der Waals surface area contributed by atoms with E-state index in [9.17, 15) is 0 Å². The minimum absolute atomic E-state index is 0.531. The number of aryl methyl sites for hydroxylation is 1. The normalized spacial score (nSPS) is 10.0. The Labute approximate surface area is 79.8 Å². The Kier molecular flexibility index (Phi) is 3.13. The highest BCUT2D eigenvalue weighted by molar-refractivity contribution is 5.28. The second kappa shape index (κ2) is 4.13. The van der Waals surface area contributed by atoms with Gasteiger partial charge in [-0.2, -0.15) is 5.26 Å². The Morgan fingerprint density at radius 3 is 2.69 bits per heavy atom. The SMILES string of the molecule is CCCn1c(C)cc(CC#N)c1C. The number of rotatable bonds is 3. The molecule has 0 unspecified atom stereocenters. The first-order valence-electron chi connectivity index (χ1n) is 4.73. The second-order valence-electron chi connectivity index (χ2n) is 3.38. The molecule has 1 heterocycles. The summed E-state index contributed by atoms with van der Waals surface area (Å²) in [6.07, 6.45) is 1.67. The molecule has 2 nitrogen and oxygen atoms in total. The van der Waals surface area contributed by atoms with Gasteiger partial charge >= 0.3 is 0 Å². The smallest absolute Gasteiger partial charge is 0.0670 e. The van der Waals surface area contributed by atoms with Crippen molar-refractivity contribution in [1.29, 1.82) is 5.26 Å². The van der Waals surface area contributed by atoms with Crippen molar-refractivity contribution in [1.82, 2.24) is 4.57 Å². The fourth-order valence-electron chi connectivity index (χ4n) is 1.70. The van der Waals surface area contributed by atoms with Gasteiger partial charge in [0.05, 0.1) is 12.5 Å². The van der Waals surface area contributed by atoms with Crippen LogP contribution in [-0.2, 0) is 13.0 Å². The lowest BCUT2D eigenvalue weighted by molar-refractivity contribution is 0.647. The van der Waals surface area contributed by atoms with E-state index < -0.39 is 0 Å². The van der Waals surface area contributed by atoms with Crippen molar-refractivity contribution < 1.29 is 0 Å². The topological polar surface area (TPSA) is 28.7 Å². The monoisotopic (exact) mass is 176 g/mol. The molecular formula is C11H16N2. The summed E-state index contributed by atoms with van der Waals surface area (Å²) in [5.41, 5.74) is 3.69. The van der Waals surface area contributed by atoms with Gasteiger partial charge in [-0.25, -0.2) is 0 Å². The molecule has 0 N–H and O–H groups in total. The molecule has 0 saturated carbocycles. The number of hydrogen-bond acceptors (Lipinski definition) is 1. The van der Waals surface area contributed by atoms with Gasteiger partial charge in [0.1, 0.15) is 0 Å². The largest absolute Gasteiger partial charge is 0.349 e. The molecule has 0 bridgehead atoms. The van der Waals surface area contributed by atoms with Gasteiger partial charge in [0, 0.05) is 17.9 Å². The summed E-state index contributed by atoms with van der Waals surface area (Å²) in [5.74, 6) is 0. The first-order valence-corrected chi connectivity index (χ1v) is 4.73. The first kappa shape index (κ1) is 9.85. The fourth-order valence-corrected chi connectivity index (χ4v) is 1.70. The van der Waals surface area contributed by atoms with Crippen molar-refractivity contribution in [3.63, 3.8) is 0 Å². The Balaban J connectivity index is 3.01. The summed E-state index contributed by atoms with van der Waals surface area (Å²) < 4.78 is 2.28. The zero-order valence-electron chi connectivity index (χ0n) is 8.59. The molecule has 70 valence electrons. The Bertz CT molecular complexity index is 329. The van der Waals surface area contributed by atoms with E-state index in [1.54, 1.807) is 0 Å². The molecule has 0 aliphatic rings. The quantitative estimate of drug-likeness (QED) is 0.695. The fraction of sp³-hybridized carbons (Fsp3) is 0.545. The highest BCUT2D eigenvalue weighted by Gasteiger charge is 2.06. The molecule has 0 saturated heterocycles. The molecule has 0 spiro atoms. The molecule has 1 aromatic heterocycles. The van der Waals surface area contributed by atoms with Crippen LogP contribution in [0.3, 0.4) is 0 Å². The molecule has 1 rings (SSSR count). The third-order valence-electron chi connectivity index (χ3n) is 2.40. The summed E-state index contributed by atoms with van der Waals surface area (Å²) in [7, 11) is 0. The van der Waals surface area contributed by atoms with Crippen molar-refractivity contribution in [2.45, 2.75) is 40.2 Å². The van der Waals surface area contributed by atoms with Crippen molar-refractivity contribution in [3.05, 3.63) is 23.0 Å². The third kappa shape index (κ3) is 1.92. The molecule has 0 atom stereocenters. The van der Waals surface area contributed by atoms with Crippen LogP contribution in [0.25, 0.3) is 0 Å². The molecule has 1 aromatic rings. The Morgan fingerprint density at radius 1 is 1.46 bits per heavy atom. The van der Waals surface area contributed by atoms with E-state index in [2.05, 4.69) is 37.5 Å². The van der Waals surface area contributed by atoms with E-state index in [0.717, 1.165) is 13.0 Å². The lowest BCUT2D eigenvalue weighted by atomic mass is 10.2. The van der Waals surface area contributed by atoms with Crippen molar-refractivity contribution >= 4 is 0 Å². The minimum atomic E-state index is 0.531. The van der Waals surface area contributed by atoms with Crippen LogP contribution < -0.4 is 0 Å². The summed E-state index contributed by atoms with van der Waals surface area (Å²) in [6.45, 7) is 7.42. The van der Waals surface area contributed by atoms with Crippen LogP contribution >= 0.6 is 0 Å². The number of hydrogen-bond donors (Lipinski definition) is 0. The zero-order chi connectivity index (χ0) is 9.84. The van der Waals surface area contributed by atoms with E-state index in [4.69, 9.17) is 5.26 Å². The van der Waals surface area contributed by atoms with E-state index in [1.165, 1.54) is 17.0 Å². The molecule has 2 heteroatoms. The average molecular weight is 176 g/mol. The van der Waals surface area contributed by atoms with Gasteiger partial charge in [0.25, 0.3) is 0 Å². The molecule has 0 radical (unpaired) electrons. The van der Waals surface area contributed by atoms with Crippen LogP contribution in [0.5, 0.6) is 0 Å². The van der Waals surface area contributed by atoms with Crippen molar-refractivity contribution in [2.24, 2.45) is 0 Å². The zero-order valence-corrected chi connectivity index (χ0v) is 8.59. The maximum Gasteiger partial charge on any atom is 0.0670 e. The van der Waals surface area contributed by atoms with Gasteiger partial charge in [-0.05, 0) is 31.9 Å². The van der Waals surface area contributed by atoms with Gasteiger partial charge in [-0.1, -0.05) is 6.92 Å². The van der Waals surface area contributed by atoms with Gasteiger partial charge < -0.3 is 4.57 Å². The highest BCUT2D eigenvalue weighted by Crippen LogP contribution is 2.15. The molecule has 13 heavy (non-hydrogen) atoms. The molecule has 0 aliphatic carbocycles. The summed E-state index contributed by atoms with van der Waals surface area (Å²) in [5, 5.41) is 8.61. The van der Waals surface area contributed by atoms with Crippen molar-refractivity contribution in [3.8, 4) is 6.07 Å². The van der Waals surface area contributed by atoms with Crippen LogP contribution in [0.15, 0.2) is 6.07 Å². The predicted molar refractivity (Wildman–Crippen MR) is 53.5 cm³/mol. The lowest BCUT2D eigenvalue weighted by Gasteiger charge is -2.06. The summed E-state index contributed by atoms with van der Waals surface area (Å²) in [6, 6.07) is 4.31. The maximum absolute atomic E-state index is 8.61. The van der Waals surface area contributed by atoms with E-state index in [0.29, 0.717) is 6.42 Å². The van der Waals surface area contributed by atoms with E-state index >= 15 is 0 Å². The molecular weight excluding hydrogens is 160 g/mol. The predicted octanol–water partition coefficient (Wildman–Crippen LogP) is 2.58. The van der Waals surface area contributed by atoms with E-state index in [-0.39, 0.29) is 0 Å². The lowest BCUT2D eigenvalue weighted by Crippen LogP contribution is -2.01. The molecule has 0 amide bonds. The number of nitriles is 1. The van der Waals surface area contributed by atoms with Gasteiger partial charge in [-0.15, -0.1) is 0 Å². The van der Waals surface area contributed by atoms with Crippen molar-refractivity contribution in [2.75, 3.05) is 0 Å². The molecule has 0 aromatic carbocycles. The van der Waals surface area contributed by atoms with Gasteiger partial charge in [-0.3, -0.25) is 0 Å². The highest BCUT2D eigenvalue weighted by atomic mass is 15.0. The number of nitrogens with zero attached hydrogens (tertiary/aromatic N) is 2. The van der Waals surface area contributed by atoms with Crippen LogP contribution in [0, 0.1) is 25.2 Å². The first-order chi connectivity index (χ1) is 6.20. The van der Waals surface area contributed by atoms with Gasteiger partial charge in [0.2, 0.25) is 0 Å². The summed E-state index contributed by atoms with van der Waals surface area (Å²) in [4.78, 5) is 0. The summed E-state index contributed by atoms with van der Waals surface area (Å²) >= 11 is 0. The van der Waals surface area contributed by atoms with Crippen LogP contribution in [-0.4, -0.2) is 4.57 Å². The third-order valence-corrected chi connectivity index (χ3v) is 2.40. The van der Waals surface area contributed by atoms with Crippen LogP contribution in [0.2, 0.25) is 0 Å².